The Bertz CT molecular complexity index is 906. The van der Waals surface area contributed by atoms with Crippen molar-refractivity contribution < 1.29 is 8.83 Å². The van der Waals surface area contributed by atoms with Crippen molar-refractivity contribution >= 4 is 21.9 Å². The molecule has 0 spiro atoms. The van der Waals surface area contributed by atoms with Gasteiger partial charge < -0.3 is 19.9 Å². The highest BCUT2D eigenvalue weighted by Crippen LogP contribution is 2.31. The van der Waals surface area contributed by atoms with Crippen molar-refractivity contribution in [1.82, 2.24) is 5.32 Å². The van der Waals surface area contributed by atoms with Crippen molar-refractivity contribution in [3.63, 3.8) is 0 Å². The van der Waals surface area contributed by atoms with E-state index in [-0.39, 0.29) is 5.63 Å². The van der Waals surface area contributed by atoms with E-state index in [1.807, 2.05) is 32.9 Å². The molecule has 5 nitrogen and oxygen atoms in total. The first-order valence-electron chi connectivity index (χ1n) is 7.39. The fourth-order valence-electron chi connectivity index (χ4n) is 2.86. The number of nitrogens with two attached hydrogens (primary N) is 1. The lowest BCUT2D eigenvalue weighted by Crippen LogP contribution is -2.25. The van der Waals surface area contributed by atoms with Gasteiger partial charge in [0.15, 0.2) is 0 Å². The van der Waals surface area contributed by atoms with Gasteiger partial charge in [0.25, 0.3) is 0 Å². The summed E-state index contributed by atoms with van der Waals surface area (Å²) in [6, 6.07) is 4.03. The van der Waals surface area contributed by atoms with E-state index in [4.69, 9.17) is 14.6 Å². The molecule has 0 fully saturated rings. The molecule has 0 saturated heterocycles. The quantitative estimate of drug-likeness (QED) is 0.571. The zero-order valence-corrected chi connectivity index (χ0v) is 13.1. The predicted octanol–water partition coefficient (Wildman–Crippen LogP) is 2.51. The van der Waals surface area contributed by atoms with Crippen LogP contribution in [0.2, 0.25) is 0 Å². The van der Waals surface area contributed by atoms with Crippen molar-refractivity contribution in [2.24, 2.45) is 5.73 Å². The van der Waals surface area contributed by atoms with Gasteiger partial charge in [-0.1, -0.05) is 0 Å². The molecule has 0 aliphatic rings. The van der Waals surface area contributed by atoms with Crippen LogP contribution >= 0.6 is 0 Å². The molecule has 0 aliphatic carbocycles. The van der Waals surface area contributed by atoms with Crippen LogP contribution < -0.4 is 16.7 Å². The number of nitrogens with one attached hydrogen (secondary N) is 1. The first-order valence-corrected chi connectivity index (χ1v) is 7.39. The molecule has 1 aromatic carbocycles. The van der Waals surface area contributed by atoms with E-state index >= 15 is 0 Å². The zero-order chi connectivity index (χ0) is 15.9. The van der Waals surface area contributed by atoms with E-state index in [0.717, 1.165) is 33.2 Å². The lowest BCUT2D eigenvalue weighted by Gasteiger charge is -2.10. The van der Waals surface area contributed by atoms with Gasteiger partial charge in [-0.05, 0) is 38.5 Å². The second-order valence-electron chi connectivity index (χ2n) is 5.61. The molecule has 0 radical (unpaired) electrons. The van der Waals surface area contributed by atoms with Crippen LogP contribution in [0.25, 0.3) is 21.9 Å². The SMILES string of the molecule is Cc1cc2cc3c(C)c(CNCCN)c(=O)oc3c(C)c2o1. The summed E-state index contributed by atoms with van der Waals surface area (Å²) in [6.45, 7) is 7.44. The number of benzene rings is 1. The Kier molecular flexibility index (Phi) is 3.76. The standard InChI is InChI=1S/C17H20N2O3/c1-9-6-12-7-13-10(2)14(8-19-5-4-18)17(20)22-16(13)11(3)15(12)21-9/h6-7,19H,4-5,8,18H2,1-3H3. The minimum Gasteiger partial charge on any atom is -0.461 e. The van der Waals surface area contributed by atoms with E-state index < -0.39 is 0 Å². The van der Waals surface area contributed by atoms with Crippen LogP contribution in [-0.2, 0) is 6.54 Å². The van der Waals surface area contributed by atoms with Crippen LogP contribution in [0, 0.1) is 20.8 Å². The topological polar surface area (TPSA) is 81.4 Å². The maximum Gasteiger partial charge on any atom is 0.341 e. The van der Waals surface area contributed by atoms with Gasteiger partial charge in [0, 0.05) is 36.0 Å². The zero-order valence-electron chi connectivity index (χ0n) is 13.1. The van der Waals surface area contributed by atoms with Crippen LogP contribution in [-0.4, -0.2) is 13.1 Å². The van der Waals surface area contributed by atoms with Gasteiger partial charge in [-0.15, -0.1) is 0 Å². The molecule has 3 rings (SSSR count). The predicted molar refractivity (Wildman–Crippen MR) is 87.2 cm³/mol. The van der Waals surface area contributed by atoms with Gasteiger partial charge >= 0.3 is 5.63 Å². The molecule has 2 aromatic heterocycles. The summed E-state index contributed by atoms with van der Waals surface area (Å²) in [7, 11) is 0. The van der Waals surface area contributed by atoms with E-state index in [2.05, 4.69) is 5.32 Å². The molecule has 0 unspecified atom stereocenters. The summed E-state index contributed by atoms with van der Waals surface area (Å²) < 4.78 is 11.3. The van der Waals surface area contributed by atoms with Gasteiger partial charge in [-0.3, -0.25) is 0 Å². The third-order valence-corrected chi connectivity index (χ3v) is 4.03. The molecule has 2 heterocycles. The number of furan rings is 1. The molecule has 0 saturated carbocycles. The van der Waals surface area contributed by atoms with Crippen molar-refractivity contribution in [3.05, 3.63) is 45.0 Å². The molecular formula is C17H20N2O3. The van der Waals surface area contributed by atoms with Gasteiger partial charge in [-0.2, -0.15) is 0 Å². The second-order valence-corrected chi connectivity index (χ2v) is 5.61. The molecule has 22 heavy (non-hydrogen) atoms. The third kappa shape index (κ3) is 2.32. The first kappa shape index (κ1) is 14.8. The molecule has 0 atom stereocenters. The molecule has 0 bridgehead atoms. The fraction of sp³-hybridized carbons (Fsp3) is 0.353. The highest BCUT2D eigenvalue weighted by atomic mass is 16.4. The van der Waals surface area contributed by atoms with E-state index in [9.17, 15) is 4.79 Å². The highest BCUT2D eigenvalue weighted by Gasteiger charge is 2.16. The van der Waals surface area contributed by atoms with Crippen LogP contribution in [0.5, 0.6) is 0 Å². The first-order chi connectivity index (χ1) is 10.5. The van der Waals surface area contributed by atoms with Crippen molar-refractivity contribution in [2.45, 2.75) is 27.3 Å². The van der Waals surface area contributed by atoms with Crippen LogP contribution in [0.15, 0.2) is 25.8 Å². The summed E-state index contributed by atoms with van der Waals surface area (Å²) in [6.07, 6.45) is 0. The normalized spacial score (nSPS) is 11.6. The second kappa shape index (κ2) is 5.59. The lowest BCUT2D eigenvalue weighted by atomic mass is 10.0. The van der Waals surface area contributed by atoms with Crippen molar-refractivity contribution in [2.75, 3.05) is 13.1 Å². The van der Waals surface area contributed by atoms with E-state index in [1.54, 1.807) is 0 Å². The number of fused-ring (bicyclic) bond motifs is 2. The molecule has 116 valence electrons. The third-order valence-electron chi connectivity index (χ3n) is 4.03. The molecular weight excluding hydrogens is 280 g/mol. The number of aryl methyl sites for hydroxylation is 3. The Morgan fingerprint density at radius 2 is 1.86 bits per heavy atom. The Morgan fingerprint density at radius 3 is 2.59 bits per heavy atom. The van der Waals surface area contributed by atoms with Gasteiger partial charge in [-0.25, -0.2) is 4.79 Å². The Labute approximate surface area is 128 Å². The summed E-state index contributed by atoms with van der Waals surface area (Å²) >= 11 is 0. The van der Waals surface area contributed by atoms with E-state index in [0.29, 0.717) is 30.8 Å². The minimum atomic E-state index is -0.305. The smallest absolute Gasteiger partial charge is 0.341 e. The van der Waals surface area contributed by atoms with Gasteiger partial charge in [0.1, 0.15) is 16.9 Å². The van der Waals surface area contributed by atoms with Gasteiger partial charge in [0.2, 0.25) is 0 Å². The largest absolute Gasteiger partial charge is 0.461 e. The molecule has 5 heteroatoms. The number of rotatable bonds is 4. The van der Waals surface area contributed by atoms with Crippen LogP contribution in [0.4, 0.5) is 0 Å². The van der Waals surface area contributed by atoms with Crippen molar-refractivity contribution in [3.8, 4) is 0 Å². The number of hydrogen-bond donors (Lipinski definition) is 2. The Balaban J connectivity index is 2.25. The highest BCUT2D eigenvalue weighted by molar-refractivity contribution is 5.98. The fourth-order valence-corrected chi connectivity index (χ4v) is 2.86. The molecule has 0 aliphatic heterocycles. The molecule has 3 N–H and O–H groups in total. The lowest BCUT2D eigenvalue weighted by molar-refractivity contribution is 0.535. The maximum absolute atomic E-state index is 12.3. The summed E-state index contributed by atoms with van der Waals surface area (Å²) in [5.74, 6) is 0.846. The van der Waals surface area contributed by atoms with Crippen LogP contribution in [0.1, 0.15) is 22.5 Å². The Morgan fingerprint density at radius 1 is 1.09 bits per heavy atom. The molecule has 3 aromatic rings. The minimum absolute atomic E-state index is 0.305. The van der Waals surface area contributed by atoms with Gasteiger partial charge in [0.05, 0.1) is 5.56 Å². The van der Waals surface area contributed by atoms with Crippen molar-refractivity contribution in [1.29, 1.82) is 0 Å². The summed E-state index contributed by atoms with van der Waals surface area (Å²) in [4.78, 5) is 12.3. The maximum atomic E-state index is 12.3. The summed E-state index contributed by atoms with van der Waals surface area (Å²) in [5, 5.41) is 5.13. The van der Waals surface area contributed by atoms with E-state index in [1.165, 1.54) is 0 Å². The number of hydrogen-bond acceptors (Lipinski definition) is 5. The Hall–Kier alpha value is -2.11. The monoisotopic (exact) mass is 300 g/mol. The van der Waals surface area contributed by atoms with Crippen LogP contribution in [0.3, 0.4) is 0 Å². The summed E-state index contributed by atoms with van der Waals surface area (Å²) in [5.41, 5.74) is 9.01. The average Bonchev–Trinajstić information content (AvgIpc) is 2.85. The molecule has 0 amide bonds. The average molecular weight is 300 g/mol.